The van der Waals surface area contributed by atoms with Gasteiger partial charge in [-0.2, -0.15) is 0 Å². The second-order valence-electron chi connectivity index (χ2n) is 39.4. The van der Waals surface area contributed by atoms with Gasteiger partial charge in [0.15, 0.2) is 0 Å². The van der Waals surface area contributed by atoms with Gasteiger partial charge in [-0.25, -0.2) is 19.9 Å². The van der Waals surface area contributed by atoms with Gasteiger partial charge < -0.3 is 55.6 Å². The van der Waals surface area contributed by atoms with E-state index >= 15 is 0 Å². The number of pyridine rings is 4. The third-order valence-electron chi connectivity index (χ3n) is 27.4. The summed E-state index contributed by atoms with van der Waals surface area (Å²) in [6, 6.07) is 51.0. The maximum absolute atomic E-state index is 11.7. The Morgan fingerprint density at radius 3 is 1.03 bits per heavy atom. The molecule has 4 saturated carbocycles. The number of aliphatic carboxylic acids is 1. The van der Waals surface area contributed by atoms with Gasteiger partial charge in [0.25, 0.3) is 0 Å². The van der Waals surface area contributed by atoms with Gasteiger partial charge in [-0.1, -0.05) is 184 Å². The zero-order valence-corrected chi connectivity index (χ0v) is 79.6. The van der Waals surface area contributed by atoms with Gasteiger partial charge in [-0.3, -0.25) is 19.2 Å². The Balaban J connectivity index is 0.000000121. The van der Waals surface area contributed by atoms with Gasteiger partial charge >= 0.3 is 31.0 Å². The zero-order chi connectivity index (χ0) is 87.4. The number of aromatic nitrogens is 4. The van der Waals surface area contributed by atoms with Crippen LogP contribution in [0.4, 0.5) is 23.3 Å². The average molecular weight is 1820 g/mol. The quantitative estimate of drug-likeness (QED) is 0.0179. The Labute approximate surface area is 743 Å². The number of halogens is 1. The first-order valence-corrected chi connectivity index (χ1v) is 55.9. The van der Waals surface area contributed by atoms with Crippen LogP contribution in [0.1, 0.15) is 217 Å². The van der Waals surface area contributed by atoms with E-state index in [2.05, 4.69) is 260 Å². The van der Waals surface area contributed by atoms with E-state index in [-0.39, 0.29) is 89.6 Å². The first kappa shape index (κ1) is 88.9. The van der Waals surface area contributed by atoms with Crippen LogP contribution in [-0.4, -0.2) is 113 Å². The molecule has 4 aromatic heterocycles. The normalized spacial score (nSPS) is 24.5. The molecule has 9 aliphatic carbocycles. The maximum Gasteiger partial charge on any atom is 0.495 e. The predicted octanol–water partition coefficient (Wildman–Crippen LogP) is 17.9. The molecule has 19 nitrogen and oxygen atoms in total. The van der Waals surface area contributed by atoms with Gasteiger partial charge in [0.05, 0.1) is 105 Å². The molecule has 0 bridgehead atoms. The van der Waals surface area contributed by atoms with Crippen molar-refractivity contribution in [3.8, 4) is 0 Å². The lowest BCUT2D eigenvalue weighted by atomic mass is 9.75. The lowest BCUT2D eigenvalue weighted by molar-refractivity contribution is -0.143. The number of nitrogens with one attached hydrogen (secondary N) is 4. The molecular weight excluding hydrogens is 1700 g/mol. The first-order valence-electron chi connectivity index (χ1n) is 44.3. The van der Waals surface area contributed by atoms with Gasteiger partial charge in [0, 0.05) is 34.4 Å². The van der Waals surface area contributed by atoms with E-state index in [4.69, 9.17) is 34.4 Å². The second kappa shape index (κ2) is 36.2. The minimum atomic E-state index is -1.33. The summed E-state index contributed by atoms with van der Waals surface area (Å²) in [4.78, 5) is 64.2. The van der Waals surface area contributed by atoms with Gasteiger partial charge in [-0.05, 0) is 278 Å². The first-order chi connectivity index (χ1) is 58.6. The molecule has 0 unspecified atom stereocenters. The molecule has 0 radical (unpaired) electrons. The number of ether oxygens (including phenoxy) is 3. The van der Waals surface area contributed by atoms with Crippen LogP contribution in [0.2, 0.25) is 58.9 Å². The molecular formula is C99H123BIN9O10Si3. The summed E-state index contributed by atoms with van der Waals surface area (Å²) in [5.41, 5.74) is 25.3. The number of hydrogen-bond donors (Lipinski definition) is 6. The molecule has 10 aliphatic rings. The molecule has 0 spiro atoms. The molecule has 13 atom stereocenters. The number of carbonyl (C=O) groups excluding carboxylic acids is 3. The number of rotatable bonds is 20. The topological polar surface area (TPSA) is 260 Å². The van der Waals surface area contributed by atoms with Crippen LogP contribution >= 0.6 is 22.6 Å². The number of carboxylic acid groups (broad SMARTS) is 1. The summed E-state index contributed by atoms with van der Waals surface area (Å²) >= 11 is 2.41. The van der Waals surface area contributed by atoms with Crippen molar-refractivity contribution in [2.24, 2.45) is 29.4 Å². The summed E-state index contributed by atoms with van der Waals surface area (Å²) in [6.45, 7) is 30.1. The Morgan fingerprint density at radius 1 is 0.407 bits per heavy atom. The summed E-state index contributed by atoms with van der Waals surface area (Å²) in [5, 5.41) is 28.2. The van der Waals surface area contributed by atoms with Crippen LogP contribution in [-0.2, 0) is 74.8 Å². The van der Waals surface area contributed by atoms with Crippen LogP contribution in [0.5, 0.6) is 0 Å². The molecule has 19 rings (SSSR count). The maximum atomic E-state index is 11.7. The van der Waals surface area contributed by atoms with E-state index in [0.717, 1.165) is 134 Å². The average Bonchev–Trinajstić information content (AvgIpc) is 1.51. The molecule has 7 N–H and O–H groups in total. The highest BCUT2D eigenvalue weighted by molar-refractivity contribution is 14.1. The van der Waals surface area contributed by atoms with Crippen molar-refractivity contribution in [3.05, 3.63) is 246 Å². The SMILES string of the molecule is COC(=O)[C@H]1C[C@@H]1c1ccc(N[C@@H]2CCc3c(B4OC(C)(C)C(C)(C)O4)cccc32)nc1.COC(=O)[C@H]1C[C@@H]1c1ccc(N[C@@H]2CCc3c(I)cccc32)nc1.COC(=O)[C@H]1C[C@@H]1c1ccc(N[C@@H]2CCc3c2cccc3[Si](C)(C)C)nc1.C[Si](C)(C)c1cccc2c1CC[C@H]2N.C[Si](C)(C)c1cccc2c1CC[C@H]2Nc1ccc([C@H]2C[C@@H]2C(=O)O)cn1. The summed E-state index contributed by atoms with van der Waals surface area (Å²) in [6.07, 6.45) is 21.9. The number of carboxylic acids is 1. The van der Waals surface area contributed by atoms with E-state index in [9.17, 15) is 19.2 Å². The molecule has 1 saturated heterocycles. The number of methoxy groups -OCH3 is 3. The summed E-state index contributed by atoms with van der Waals surface area (Å²) < 4.78 is 28.5. The number of nitrogens with two attached hydrogens (primary N) is 1. The lowest BCUT2D eigenvalue weighted by Crippen LogP contribution is -2.41. The minimum Gasteiger partial charge on any atom is -0.481 e. The predicted molar refractivity (Wildman–Crippen MR) is 508 cm³/mol. The Kier molecular flexibility index (Phi) is 26.2. The fraction of sp³-hybridized carbons (Fsp3) is 0.455. The summed E-state index contributed by atoms with van der Waals surface area (Å²) in [5.74, 6) is 3.18. The van der Waals surface area contributed by atoms with Gasteiger partial charge in [0.1, 0.15) is 23.3 Å². The number of esters is 3. The summed E-state index contributed by atoms with van der Waals surface area (Å²) in [7, 11) is 0.174. The van der Waals surface area contributed by atoms with Crippen LogP contribution in [0.3, 0.4) is 0 Å². The fourth-order valence-corrected chi connectivity index (χ4v) is 25.6. The number of carbonyl (C=O) groups is 4. The molecule has 0 amide bonds. The van der Waals surface area contributed by atoms with Gasteiger partial charge in [0.2, 0.25) is 0 Å². The zero-order valence-electron chi connectivity index (χ0n) is 74.4. The van der Waals surface area contributed by atoms with E-state index in [1.807, 2.05) is 55.1 Å². The van der Waals surface area contributed by atoms with Crippen LogP contribution in [0, 0.1) is 27.2 Å². The molecule has 5 heterocycles. The minimum absolute atomic E-state index is 0.0114. The van der Waals surface area contributed by atoms with E-state index in [1.54, 1.807) is 32.3 Å². The largest absolute Gasteiger partial charge is 0.495 e. The highest BCUT2D eigenvalue weighted by atomic mass is 127. The van der Waals surface area contributed by atoms with Crippen molar-refractivity contribution in [2.45, 2.75) is 242 Å². The molecule has 123 heavy (non-hydrogen) atoms. The highest BCUT2D eigenvalue weighted by Gasteiger charge is 2.53. The van der Waals surface area contributed by atoms with E-state index in [0.29, 0.717) is 24.2 Å². The van der Waals surface area contributed by atoms with Crippen molar-refractivity contribution in [3.63, 3.8) is 0 Å². The number of benzene rings is 5. The van der Waals surface area contributed by atoms with Crippen molar-refractivity contribution in [1.82, 2.24) is 19.9 Å². The standard InChI is InChI=1S/C25H31BN2O4.C22H28N2O2Si.C21H26N2O2Si.C19H19IN2O2.C12H19NSi/c1-24(2)25(3,4)32-26(31-24)20-8-6-7-17-16(20)10-11-21(17)28-22-12-9-15(14-27-22)18-13-19(18)23(29)30-5;1-26-22(25)18-12-17(18)14-8-11-21(23-13-14)24-19-10-9-16-15(19)6-5-7-20(16)27(2,3)4;1-26(2,3)19-6-4-5-14-15(19)8-9-18(14)23-20-10-7-13(12-22-20)16-11-17(16)21(24)25;1-24-19(23)15-9-14(15)11-5-8-18(21-10-11)22-17-7-6-12-13(17)3-2-4-16(12)20;1-14(2,3)12-6-4-5-9-10(12)7-8-11(9)13/h6-9,12,14,18-19,21H,10-11,13H2,1-5H3,(H,27,28);5-8,11,13,17-19H,9-10,12H2,1-4H3,(H,23,24);4-7,10,12,16-18H,8-9,11H2,1-3H3,(H,22,23)(H,24,25);2-5,8,10,14-15,17H,6-7,9H2,1H3,(H,21,22);4-6,11H,7-8,13H2,1-3H3/t18-,19+,21-;17-,18+,19-;16-,17+,18-;14-,15+,17-;11-/m11111/s1. The molecule has 646 valence electrons. The van der Waals surface area contributed by atoms with Gasteiger partial charge in [-0.15, -0.1) is 0 Å². The van der Waals surface area contributed by atoms with Crippen molar-refractivity contribution >= 4 is 122 Å². The van der Waals surface area contributed by atoms with E-state index in [1.165, 1.54) is 70.3 Å². The molecule has 5 fully saturated rings. The Bertz CT molecular complexity index is 5360. The van der Waals surface area contributed by atoms with Crippen LogP contribution in [0.25, 0.3) is 0 Å². The third kappa shape index (κ3) is 19.9. The Morgan fingerprint density at radius 2 is 0.699 bits per heavy atom. The molecule has 1 aliphatic heterocycles. The smallest absolute Gasteiger partial charge is 0.481 e. The number of nitrogens with zero attached hydrogens (tertiary/aromatic N) is 4. The molecule has 24 heteroatoms. The van der Waals surface area contributed by atoms with Crippen molar-refractivity contribution in [2.75, 3.05) is 42.6 Å². The van der Waals surface area contributed by atoms with Crippen LogP contribution < -0.4 is 48.0 Å². The Hall–Kier alpha value is -8.89. The van der Waals surface area contributed by atoms with Crippen molar-refractivity contribution < 1.29 is 47.8 Å². The second-order valence-corrected chi connectivity index (χ2v) is 55.7. The highest BCUT2D eigenvalue weighted by Crippen LogP contribution is 2.52. The molecule has 5 aromatic carbocycles. The fourth-order valence-electron chi connectivity index (χ4n) is 19.5. The number of hydrogen-bond acceptors (Lipinski definition) is 18. The monoisotopic (exact) mass is 1820 g/mol. The third-order valence-corrected chi connectivity index (χ3v) is 34.7. The molecule has 9 aromatic rings. The van der Waals surface area contributed by atoms with Crippen LogP contribution in [0.15, 0.2) is 164 Å². The van der Waals surface area contributed by atoms with E-state index < -0.39 is 30.2 Å². The number of anilines is 4. The number of fused-ring (bicyclic) bond motifs is 5. The lowest BCUT2D eigenvalue weighted by Gasteiger charge is -2.32. The van der Waals surface area contributed by atoms with Crippen molar-refractivity contribution in [1.29, 1.82) is 0 Å².